The van der Waals surface area contributed by atoms with Crippen molar-refractivity contribution >= 4 is 5.71 Å². The number of oxime groups is 1. The number of hydrogen-bond acceptors (Lipinski definition) is 4. The lowest BCUT2D eigenvalue weighted by Gasteiger charge is -2.33. The van der Waals surface area contributed by atoms with E-state index in [0.29, 0.717) is 0 Å². The van der Waals surface area contributed by atoms with Crippen LogP contribution in [-0.2, 0) is 4.74 Å². The standard InChI is InChI=1S/C12H21NO3/c14-11-3-1-2-4-12(11)16-10-7-5-9(13-15)6-8-10/h10-12,14-15H,1-8H2. The summed E-state index contributed by atoms with van der Waals surface area (Å²) in [7, 11) is 0. The Balaban J connectivity index is 1.77. The average molecular weight is 227 g/mol. The lowest BCUT2D eigenvalue weighted by molar-refractivity contribution is -0.0984. The zero-order chi connectivity index (χ0) is 11.4. The molecule has 0 heterocycles. The Kier molecular flexibility index (Phi) is 4.18. The molecule has 16 heavy (non-hydrogen) atoms. The highest BCUT2D eigenvalue weighted by Crippen LogP contribution is 2.26. The molecule has 92 valence electrons. The Morgan fingerprint density at radius 3 is 2.38 bits per heavy atom. The van der Waals surface area contributed by atoms with Crippen LogP contribution in [0.2, 0.25) is 0 Å². The van der Waals surface area contributed by atoms with Crippen LogP contribution in [-0.4, -0.2) is 34.3 Å². The molecule has 2 aliphatic rings. The smallest absolute Gasteiger partial charge is 0.0837 e. The normalized spacial score (nSPS) is 36.1. The molecule has 0 amide bonds. The summed E-state index contributed by atoms with van der Waals surface area (Å²) in [6.45, 7) is 0. The predicted octanol–water partition coefficient (Wildman–Crippen LogP) is 2.08. The van der Waals surface area contributed by atoms with E-state index < -0.39 is 0 Å². The minimum absolute atomic E-state index is 0.0337. The highest BCUT2D eigenvalue weighted by Gasteiger charge is 2.28. The molecule has 2 unspecified atom stereocenters. The van der Waals surface area contributed by atoms with Crippen LogP contribution in [0.25, 0.3) is 0 Å². The van der Waals surface area contributed by atoms with Crippen molar-refractivity contribution in [2.24, 2.45) is 5.16 Å². The van der Waals surface area contributed by atoms with Crippen molar-refractivity contribution < 1.29 is 15.1 Å². The summed E-state index contributed by atoms with van der Waals surface area (Å²) in [5.74, 6) is 0. The third-order valence-electron chi connectivity index (χ3n) is 3.69. The van der Waals surface area contributed by atoms with Crippen LogP contribution < -0.4 is 0 Å². The van der Waals surface area contributed by atoms with Crippen molar-refractivity contribution in [3.8, 4) is 0 Å². The van der Waals surface area contributed by atoms with E-state index in [0.717, 1.165) is 57.1 Å². The average Bonchev–Trinajstić information content (AvgIpc) is 2.33. The van der Waals surface area contributed by atoms with Crippen molar-refractivity contribution in [2.75, 3.05) is 0 Å². The molecular formula is C12H21NO3. The number of ether oxygens (including phenoxy) is 1. The van der Waals surface area contributed by atoms with Crippen LogP contribution >= 0.6 is 0 Å². The third kappa shape index (κ3) is 2.95. The molecule has 0 radical (unpaired) electrons. The lowest BCUT2D eigenvalue weighted by atomic mass is 9.92. The van der Waals surface area contributed by atoms with Crippen molar-refractivity contribution in [2.45, 2.75) is 69.7 Å². The first-order valence-corrected chi connectivity index (χ1v) is 6.33. The molecule has 0 aromatic rings. The molecule has 0 saturated heterocycles. The fraction of sp³-hybridized carbons (Fsp3) is 0.917. The second kappa shape index (κ2) is 5.64. The van der Waals surface area contributed by atoms with E-state index in [2.05, 4.69) is 5.16 Å². The SMILES string of the molecule is ON=C1CCC(OC2CCCCC2O)CC1. The van der Waals surface area contributed by atoms with Gasteiger partial charge in [-0.25, -0.2) is 0 Å². The van der Waals surface area contributed by atoms with E-state index in [1.807, 2.05) is 0 Å². The van der Waals surface area contributed by atoms with Gasteiger partial charge in [-0.15, -0.1) is 0 Å². The molecule has 0 aromatic carbocycles. The van der Waals surface area contributed by atoms with E-state index in [1.54, 1.807) is 0 Å². The molecule has 2 atom stereocenters. The van der Waals surface area contributed by atoms with Crippen molar-refractivity contribution in [1.29, 1.82) is 0 Å². The predicted molar refractivity (Wildman–Crippen MR) is 60.8 cm³/mol. The summed E-state index contributed by atoms with van der Waals surface area (Å²) in [5, 5.41) is 21.7. The van der Waals surface area contributed by atoms with E-state index in [9.17, 15) is 5.11 Å². The van der Waals surface area contributed by atoms with Crippen LogP contribution in [0, 0.1) is 0 Å². The summed E-state index contributed by atoms with van der Waals surface area (Å²) in [6, 6.07) is 0. The monoisotopic (exact) mass is 227 g/mol. The van der Waals surface area contributed by atoms with Gasteiger partial charge in [0.15, 0.2) is 0 Å². The Labute approximate surface area is 96.3 Å². The van der Waals surface area contributed by atoms with Crippen LogP contribution in [0.15, 0.2) is 5.16 Å². The third-order valence-corrected chi connectivity index (χ3v) is 3.69. The molecule has 2 rings (SSSR count). The summed E-state index contributed by atoms with van der Waals surface area (Å²) in [5.41, 5.74) is 0.879. The fourth-order valence-electron chi connectivity index (χ4n) is 2.64. The van der Waals surface area contributed by atoms with Gasteiger partial charge >= 0.3 is 0 Å². The van der Waals surface area contributed by atoms with Crippen LogP contribution in [0.5, 0.6) is 0 Å². The largest absolute Gasteiger partial charge is 0.411 e. The second-order valence-corrected chi connectivity index (χ2v) is 4.89. The van der Waals surface area contributed by atoms with E-state index in [1.165, 1.54) is 0 Å². The highest BCUT2D eigenvalue weighted by molar-refractivity contribution is 5.84. The Bertz CT molecular complexity index is 245. The van der Waals surface area contributed by atoms with Crippen LogP contribution in [0.4, 0.5) is 0 Å². The van der Waals surface area contributed by atoms with Gasteiger partial charge in [-0.05, 0) is 38.5 Å². The Morgan fingerprint density at radius 1 is 1.06 bits per heavy atom. The van der Waals surface area contributed by atoms with Crippen molar-refractivity contribution in [3.63, 3.8) is 0 Å². The van der Waals surface area contributed by atoms with Gasteiger partial charge in [-0.2, -0.15) is 0 Å². The molecule has 2 saturated carbocycles. The van der Waals surface area contributed by atoms with Crippen molar-refractivity contribution in [1.82, 2.24) is 0 Å². The van der Waals surface area contributed by atoms with Crippen LogP contribution in [0.1, 0.15) is 51.4 Å². The molecule has 2 aliphatic carbocycles. The zero-order valence-corrected chi connectivity index (χ0v) is 9.64. The first kappa shape index (κ1) is 11.9. The lowest BCUT2D eigenvalue weighted by Crippen LogP contribution is -2.36. The van der Waals surface area contributed by atoms with E-state index in [-0.39, 0.29) is 18.3 Å². The number of hydrogen-bond donors (Lipinski definition) is 2. The summed E-state index contributed by atoms with van der Waals surface area (Å²) in [6.07, 6.45) is 7.62. The second-order valence-electron chi connectivity index (χ2n) is 4.89. The molecular weight excluding hydrogens is 206 g/mol. The molecule has 0 bridgehead atoms. The minimum Gasteiger partial charge on any atom is -0.411 e. The number of aliphatic hydroxyl groups is 1. The first-order chi connectivity index (χ1) is 7.79. The van der Waals surface area contributed by atoms with Crippen LogP contribution in [0.3, 0.4) is 0 Å². The molecule has 4 nitrogen and oxygen atoms in total. The van der Waals surface area contributed by atoms with Gasteiger partial charge in [-0.1, -0.05) is 18.0 Å². The molecule has 0 spiro atoms. The summed E-state index contributed by atoms with van der Waals surface area (Å²) < 4.78 is 5.95. The molecule has 2 fully saturated rings. The number of nitrogens with zero attached hydrogens (tertiary/aromatic N) is 1. The zero-order valence-electron chi connectivity index (χ0n) is 9.64. The molecule has 0 aliphatic heterocycles. The van der Waals surface area contributed by atoms with Crippen molar-refractivity contribution in [3.05, 3.63) is 0 Å². The summed E-state index contributed by atoms with van der Waals surface area (Å²) >= 11 is 0. The maximum Gasteiger partial charge on any atom is 0.0837 e. The van der Waals surface area contributed by atoms with Gasteiger partial charge in [-0.3, -0.25) is 0 Å². The molecule has 2 N–H and O–H groups in total. The van der Waals surface area contributed by atoms with Gasteiger partial charge in [0.2, 0.25) is 0 Å². The maximum absolute atomic E-state index is 9.81. The first-order valence-electron chi connectivity index (χ1n) is 6.33. The van der Waals surface area contributed by atoms with Gasteiger partial charge < -0.3 is 15.1 Å². The maximum atomic E-state index is 9.81. The Hall–Kier alpha value is -0.610. The highest BCUT2D eigenvalue weighted by atomic mass is 16.5. The van der Waals surface area contributed by atoms with E-state index in [4.69, 9.17) is 9.94 Å². The Morgan fingerprint density at radius 2 is 1.75 bits per heavy atom. The number of aliphatic hydroxyl groups excluding tert-OH is 1. The molecule has 0 aromatic heterocycles. The number of rotatable bonds is 2. The quantitative estimate of drug-likeness (QED) is 0.561. The minimum atomic E-state index is -0.276. The van der Waals surface area contributed by atoms with Gasteiger partial charge in [0.1, 0.15) is 0 Å². The van der Waals surface area contributed by atoms with Gasteiger partial charge in [0.25, 0.3) is 0 Å². The van der Waals surface area contributed by atoms with E-state index >= 15 is 0 Å². The topological polar surface area (TPSA) is 62.1 Å². The van der Waals surface area contributed by atoms with Gasteiger partial charge in [0, 0.05) is 0 Å². The summed E-state index contributed by atoms with van der Waals surface area (Å²) in [4.78, 5) is 0. The fourth-order valence-corrected chi connectivity index (χ4v) is 2.64. The molecule has 4 heteroatoms. The van der Waals surface area contributed by atoms with Gasteiger partial charge in [0.05, 0.1) is 24.0 Å².